The van der Waals surface area contributed by atoms with E-state index in [-0.39, 0.29) is 30.4 Å². The van der Waals surface area contributed by atoms with Gasteiger partial charge in [-0.1, -0.05) is 12.1 Å². The molecule has 1 aromatic carbocycles. The van der Waals surface area contributed by atoms with E-state index in [0.29, 0.717) is 24.5 Å². The molecule has 0 aliphatic carbocycles. The minimum atomic E-state index is -0.238. The Morgan fingerprint density at radius 3 is 2.67 bits per heavy atom. The Balaban J connectivity index is 0.00000261. The smallest absolute Gasteiger partial charge is 0.319 e. The van der Waals surface area contributed by atoms with Crippen LogP contribution in [0.3, 0.4) is 0 Å². The molecule has 0 saturated heterocycles. The molecule has 0 saturated carbocycles. The van der Waals surface area contributed by atoms with Gasteiger partial charge in [0.25, 0.3) is 5.91 Å². The molecule has 0 atom stereocenters. The summed E-state index contributed by atoms with van der Waals surface area (Å²) in [6, 6.07) is 7.19. The number of hydrogen-bond acceptors (Lipinski definition) is 4. The summed E-state index contributed by atoms with van der Waals surface area (Å²) < 4.78 is 0. The first-order valence-electron chi connectivity index (χ1n) is 8.74. The SMILES string of the molecule is CC(C)NC(=O)Nc1ccc(CNC(=O)c2n[nH]c3c2CNCC3)cc1.Cl. The molecule has 0 fully saturated rings. The average molecular weight is 393 g/mol. The van der Waals surface area contributed by atoms with E-state index in [1.54, 1.807) is 0 Å². The highest BCUT2D eigenvalue weighted by Gasteiger charge is 2.21. The first-order chi connectivity index (χ1) is 12.5. The number of amides is 3. The zero-order valence-electron chi connectivity index (χ0n) is 15.4. The van der Waals surface area contributed by atoms with Crippen molar-refractivity contribution in [1.29, 1.82) is 0 Å². The van der Waals surface area contributed by atoms with Crippen LogP contribution in [0, 0.1) is 0 Å². The fourth-order valence-electron chi connectivity index (χ4n) is 2.81. The number of H-pyrrole nitrogens is 1. The van der Waals surface area contributed by atoms with Crippen LogP contribution >= 0.6 is 12.4 Å². The van der Waals surface area contributed by atoms with Crippen molar-refractivity contribution in [2.75, 3.05) is 11.9 Å². The first-order valence-corrected chi connectivity index (χ1v) is 8.74. The highest BCUT2D eigenvalue weighted by Crippen LogP contribution is 2.15. The highest BCUT2D eigenvalue weighted by molar-refractivity contribution is 5.94. The highest BCUT2D eigenvalue weighted by atomic mass is 35.5. The molecule has 1 aliphatic rings. The van der Waals surface area contributed by atoms with Crippen molar-refractivity contribution in [3.63, 3.8) is 0 Å². The van der Waals surface area contributed by atoms with E-state index >= 15 is 0 Å². The lowest BCUT2D eigenvalue weighted by molar-refractivity contribution is 0.0944. The van der Waals surface area contributed by atoms with Gasteiger partial charge in [-0.2, -0.15) is 5.10 Å². The van der Waals surface area contributed by atoms with Gasteiger partial charge in [-0.25, -0.2) is 4.79 Å². The molecule has 9 heteroatoms. The molecule has 8 nitrogen and oxygen atoms in total. The molecule has 2 aromatic rings. The van der Waals surface area contributed by atoms with Gasteiger partial charge >= 0.3 is 6.03 Å². The Kier molecular flexibility index (Phi) is 7.20. The molecule has 2 heterocycles. The fraction of sp³-hybridized carbons (Fsp3) is 0.389. The van der Waals surface area contributed by atoms with Gasteiger partial charge in [0.15, 0.2) is 5.69 Å². The Morgan fingerprint density at radius 2 is 1.96 bits per heavy atom. The third kappa shape index (κ3) is 5.45. The van der Waals surface area contributed by atoms with Gasteiger partial charge in [0.2, 0.25) is 0 Å². The lowest BCUT2D eigenvalue weighted by Gasteiger charge is -2.13. The quantitative estimate of drug-likeness (QED) is 0.535. The number of fused-ring (bicyclic) bond motifs is 1. The third-order valence-corrected chi connectivity index (χ3v) is 4.11. The van der Waals surface area contributed by atoms with E-state index in [1.807, 2.05) is 38.1 Å². The zero-order valence-corrected chi connectivity index (χ0v) is 16.2. The number of rotatable bonds is 5. The van der Waals surface area contributed by atoms with E-state index in [4.69, 9.17) is 0 Å². The summed E-state index contributed by atoms with van der Waals surface area (Å²) in [7, 11) is 0. The maximum Gasteiger partial charge on any atom is 0.319 e. The number of carbonyl (C=O) groups excluding carboxylic acids is 2. The van der Waals surface area contributed by atoms with Gasteiger partial charge in [0.05, 0.1) is 0 Å². The summed E-state index contributed by atoms with van der Waals surface area (Å²) in [5, 5.41) is 18.8. The summed E-state index contributed by atoms with van der Waals surface area (Å²) >= 11 is 0. The Hall–Kier alpha value is -2.58. The second-order valence-electron chi connectivity index (χ2n) is 6.59. The molecule has 3 rings (SSSR count). The van der Waals surface area contributed by atoms with Crippen LogP contribution in [0.25, 0.3) is 0 Å². The van der Waals surface area contributed by atoms with Crippen molar-refractivity contribution in [2.45, 2.75) is 39.4 Å². The van der Waals surface area contributed by atoms with Crippen molar-refractivity contribution in [3.05, 3.63) is 46.8 Å². The van der Waals surface area contributed by atoms with Crippen LogP contribution in [0.1, 0.15) is 41.2 Å². The van der Waals surface area contributed by atoms with E-state index in [0.717, 1.165) is 29.8 Å². The van der Waals surface area contributed by atoms with E-state index in [1.165, 1.54) is 0 Å². The minimum Gasteiger partial charge on any atom is -0.347 e. The molecular weight excluding hydrogens is 368 g/mol. The molecule has 1 aromatic heterocycles. The largest absolute Gasteiger partial charge is 0.347 e. The van der Waals surface area contributed by atoms with Crippen molar-refractivity contribution in [2.24, 2.45) is 0 Å². The van der Waals surface area contributed by atoms with Crippen molar-refractivity contribution < 1.29 is 9.59 Å². The van der Waals surface area contributed by atoms with Crippen LogP contribution in [0.5, 0.6) is 0 Å². The number of benzene rings is 1. The summed E-state index contributed by atoms with van der Waals surface area (Å²) in [4.78, 5) is 24.1. The number of hydrogen-bond donors (Lipinski definition) is 5. The average Bonchev–Trinajstić information content (AvgIpc) is 3.04. The molecule has 5 N–H and O–H groups in total. The van der Waals surface area contributed by atoms with Crippen molar-refractivity contribution in [1.82, 2.24) is 26.1 Å². The van der Waals surface area contributed by atoms with Gasteiger partial charge in [0.1, 0.15) is 0 Å². The second kappa shape index (κ2) is 9.38. The first kappa shape index (κ1) is 20.7. The van der Waals surface area contributed by atoms with Crippen LogP contribution in [0.4, 0.5) is 10.5 Å². The molecular formula is C18H25ClN6O2. The number of aromatic amines is 1. The fourth-order valence-corrected chi connectivity index (χ4v) is 2.81. The summed E-state index contributed by atoms with van der Waals surface area (Å²) in [6.45, 7) is 5.75. The van der Waals surface area contributed by atoms with Gasteiger partial charge in [0, 0.05) is 49.0 Å². The van der Waals surface area contributed by atoms with Crippen LogP contribution < -0.4 is 21.3 Å². The summed E-state index contributed by atoms with van der Waals surface area (Å²) in [5.74, 6) is -0.190. The zero-order chi connectivity index (χ0) is 18.5. The van der Waals surface area contributed by atoms with Gasteiger partial charge in [-0.05, 0) is 31.5 Å². The van der Waals surface area contributed by atoms with E-state index in [2.05, 4.69) is 31.5 Å². The Morgan fingerprint density at radius 1 is 1.22 bits per heavy atom. The van der Waals surface area contributed by atoms with Gasteiger partial charge < -0.3 is 21.3 Å². The maximum atomic E-state index is 12.4. The van der Waals surface area contributed by atoms with E-state index in [9.17, 15) is 9.59 Å². The minimum absolute atomic E-state index is 0. The number of nitrogens with zero attached hydrogens (tertiary/aromatic N) is 1. The normalized spacial score (nSPS) is 12.7. The number of carbonyl (C=O) groups is 2. The van der Waals surface area contributed by atoms with Gasteiger partial charge in [-0.3, -0.25) is 9.89 Å². The van der Waals surface area contributed by atoms with Crippen LogP contribution in [0.15, 0.2) is 24.3 Å². The summed E-state index contributed by atoms with van der Waals surface area (Å²) in [6.07, 6.45) is 0.856. The maximum absolute atomic E-state index is 12.4. The summed E-state index contributed by atoms with van der Waals surface area (Å²) in [5.41, 5.74) is 4.07. The molecule has 0 bridgehead atoms. The van der Waals surface area contributed by atoms with Gasteiger partial charge in [-0.15, -0.1) is 12.4 Å². The van der Waals surface area contributed by atoms with Crippen LogP contribution in [-0.4, -0.2) is 34.7 Å². The Labute approximate surface area is 164 Å². The Bertz CT molecular complexity index is 788. The molecule has 146 valence electrons. The number of halogens is 1. The van der Waals surface area contributed by atoms with Crippen LogP contribution in [-0.2, 0) is 19.5 Å². The number of urea groups is 1. The number of anilines is 1. The predicted octanol–water partition coefficient (Wildman–Crippen LogP) is 1.94. The van der Waals surface area contributed by atoms with Crippen LogP contribution in [0.2, 0.25) is 0 Å². The molecule has 0 spiro atoms. The lowest BCUT2D eigenvalue weighted by Crippen LogP contribution is -2.34. The lowest BCUT2D eigenvalue weighted by atomic mass is 10.1. The van der Waals surface area contributed by atoms with E-state index < -0.39 is 0 Å². The standard InChI is InChI=1S/C18H24N6O2.ClH/c1-11(2)21-18(26)22-13-5-3-12(4-6-13)9-20-17(25)16-14-10-19-8-7-15(14)23-24-16;/h3-6,11,19H,7-10H2,1-2H3,(H,20,25)(H,23,24)(H2,21,22,26);1H. The third-order valence-electron chi connectivity index (χ3n) is 4.11. The monoisotopic (exact) mass is 392 g/mol. The van der Waals surface area contributed by atoms with Crippen molar-refractivity contribution >= 4 is 30.0 Å². The van der Waals surface area contributed by atoms with Crippen molar-refractivity contribution in [3.8, 4) is 0 Å². The molecule has 1 aliphatic heterocycles. The number of aromatic nitrogens is 2. The second-order valence-corrected chi connectivity index (χ2v) is 6.59. The topological polar surface area (TPSA) is 111 Å². The molecule has 3 amide bonds. The molecule has 27 heavy (non-hydrogen) atoms. The molecule has 0 unspecified atom stereocenters. The number of nitrogens with one attached hydrogen (secondary N) is 5. The predicted molar refractivity (Wildman–Crippen MR) is 106 cm³/mol. The molecule has 0 radical (unpaired) electrons.